The maximum Gasteiger partial charge on any atom is 0.253 e. The van der Waals surface area contributed by atoms with Crippen molar-refractivity contribution in [3.05, 3.63) is 59.9 Å². The molecule has 162 valence electrons. The second-order valence-corrected chi connectivity index (χ2v) is 7.97. The Morgan fingerprint density at radius 2 is 1.61 bits per heavy atom. The Kier molecular flexibility index (Phi) is 6.27. The third-order valence-electron chi connectivity index (χ3n) is 5.48. The van der Waals surface area contributed by atoms with Crippen molar-refractivity contribution in [1.29, 1.82) is 0 Å². The Morgan fingerprint density at radius 1 is 0.903 bits per heavy atom. The molecular weight excluding hydrogens is 399 g/mol. The van der Waals surface area contributed by atoms with Crippen LogP contribution in [-0.2, 0) is 9.59 Å². The van der Waals surface area contributed by atoms with E-state index in [1.54, 1.807) is 41.3 Å². The zero-order chi connectivity index (χ0) is 21.8. The smallest absolute Gasteiger partial charge is 0.253 e. The highest BCUT2D eigenvalue weighted by molar-refractivity contribution is 5.97. The van der Waals surface area contributed by atoms with Crippen molar-refractivity contribution in [2.45, 2.75) is 12.8 Å². The predicted octanol–water partition coefficient (Wildman–Crippen LogP) is 2.57. The first-order valence-corrected chi connectivity index (χ1v) is 10.5. The fourth-order valence-corrected chi connectivity index (χ4v) is 3.55. The maximum atomic E-state index is 13.2. The van der Waals surface area contributed by atoms with Gasteiger partial charge in [-0.2, -0.15) is 0 Å². The van der Waals surface area contributed by atoms with Gasteiger partial charge in [0.15, 0.2) is 0 Å². The zero-order valence-corrected chi connectivity index (χ0v) is 17.1. The second-order valence-electron chi connectivity index (χ2n) is 7.97. The summed E-state index contributed by atoms with van der Waals surface area (Å²) in [5.41, 5.74) is 1.69. The van der Waals surface area contributed by atoms with E-state index >= 15 is 0 Å². The number of rotatable bonds is 6. The molecule has 4 rings (SSSR count). The Balaban J connectivity index is 1.23. The quantitative estimate of drug-likeness (QED) is 0.747. The van der Waals surface area contributed by atoms with E-state index in [-0.39, 0.29) is 30.2 Å². The molecule has 1 aliphatic heterocycles. The fraction of sp³-hybridized carbons (Fsp3) is 0.348. The van der Waals surface area contributed by atoms with E-state index in [1.165, 1.54) is 12.1 Å². The summed E-state index contributed by atoms with van der Waals surface area (Å²) in [4.78, 5) is 40.5. The van der Waals surface area contributed by atoms with Crippen LogP contribution >= 0.6 is 0 Å². The van der Waals surface area contributed by atoms with Crippen molar-refractivity contribution in [3.8, 4) is 0 Å². The van der Waals surface area contributed by atoms with Crippen molar-refractivity contribution in [3.63, 3.8) is 0 Å². The number of nitrogens with one attached hydrogen (secondary N) is 2. The molecule has 1 saturated carbocycles. The van der Waals surface area contributed by atoms with Crippen LogP contribution in [0, 0.1) is 11.7 Å². The van der Waals surface area contributed by atoms with Gasteiger partial charge in [0, 0.05) is 49.0 Å². The molecule has 2 N–H and O–H groups in total. The maximum absolute atomic E-state index is 13.2. The van der Waals surface area contributed by atoms with Crippen LogP contribution in [-0.4, -0.2) is 60.2 Å². The predicted molar refractivity (Wildman–Crippen MR) is 115 cm³/mol. The van der Waals surface area contributed by atoms with Gasteiger partial charge in [-0.1, -0.05) is 6.07 Å². The van der Waals surface area contributed by atoms with E-state index < -0.39 is 5.82 Å². The molecule has 8 heteroatoms. The summed E-state index contributed by atoms with van der Waals surface area (Å²) >= 11 is 0. The summed E-state index contributed by atoms with van der Waals surface area (Å²) in [7, 11) is 0. The molecule has 1 saturated heterocycles. The minimum absolute atomic E-state index is 0.0386. The van der Waals surface area contributed by atoms with E-state index in [9.17, 15) is 18.8 Å². The first-order chi connectivity index (χ1) is 15.0. The van der Waals surface area contributed by atoms with Gasteiger partial charge in [0.1, 0.15) is 5.82 Å². The van der Waals surface area contributed by atoms with Gasteiger partial charge in [0.25, 0.3) is 5.91 Å². The lowest BCUT2D eigenvalue weighted by Gasteiger charge is -2.34. The molecule has 2 aromatic carbocycles. The number of benzene rings is 2. The molecule has 7 nitrogen and oxygen atoms in total. The third kappa shape index (κ3) is 5.67. The van der Waals surface area contributed by atoms with E-state index in [4.69, 9.17) is 0 Å². The van der Waals surface area contributed by atoms with Crippen molar-refractivity contribution in [1.82, 2.24) is 9.80 Å². The number of hydrogen-bond acceptors (Lipinski definition) is 4. The van der Waals surface area contributed by atoms with Crippen molar-refractivity contribution in [2.75, 3.05) is 43.4 Å². The van der Waals surface area contributed by atoms with Crippen molar-refractivity contribution < 1.29 is 18.8 Å². The van der Waals surface area contributed by atoms with Crippen LogP contribution in [0.1, 0.15) is 23.2 Å². The molecule has 2 aliphatic rings. The van der Waals surface area contributed by atoms with E-state index in [0.29, 0.717) is 43.1 Å². The summed E-state index contributed by atoms with van der Waals surface area (Å²) in [6, 6.07) is 12.7. The molecule has 0 radical (unpaired) electrons. The van der Waals surface area contributed by atoms with Crippen LogP contribution < -0.4 is 10.6 Å². The lowest BCUT2D eigenvalue weighted by atomic mass is 10.1. The average molecular weight is 424 g/mol. The average Bonchev–Trinajstić information content (AvgIpc) is 3.60. The largest absolute Gasteiger partial charge is 0.336 e. The minimum atomic E-state index is -0.400. The van der Waals surface area contributed by atoms with Crippen molar-refractivity contribution >= 4 is 29.1 Å². The molecule has 1 aliphatic carbocycles. The molecule has 31 heavy (non-hydrogen) atoms. The monoisotopic (exact) mass is 424 g/mol. The lowest BCUT2D eigenvalue weighted by Crippen LogP contribution is -2.50. The summed E-state index contributed by atoms with van der Waals surface area (Å²) in [5.74, 6) is -0.508. The van der Waals surface area contributed by atoms with Crippen molar-refractivity contribution in [2.24, 2.45) is 5.92 Å². The molecule has 3 amide bonds. The molecule has 0 aromatic heterocycles. The van der Waals surface area contributed by atoms with Gasteiger partial charge in [-0.15, -0.1) is 0 Å². The topological polar surface area (TPSA) is 81.8 Å². The van der Waals surface area contributed by atoms with Gasteiger partial charge < -0.3 is 15.5 Å². The Hall–Kier alpha value is -3.26. The normalized spacial score (nSPS) is 16.6. The van der Waals surface area contributed by atoms with Gasteiger partial charge in [-0.25, -0.2) is 4.39 Å². The second kappa shape index (κ2) is 9.26. The highest BCUT2D eigenvalue weighted by Crippen LogP contribution is 2.30. The number of halogens is 1. The number of carbonyl (C=O) groups is 3. The van der Waals surface area contributed by atoms with Crippen LogP contribution in [0.2, 0.25) is 0 Å². The van der Waals surface area contributed by atoms with Crippen LogP contribution in [0.5, 0.6) is 0 Å². The summed E-state index contributed by atoms with van der Waals surface area (Å²) in [5, 5.41) is 5.55. The number of amides is 3. The molecule has 1 heterocycles. The summed E-state index contributed by atoms with van der Waals surface area (Å²) < 4.78 is 13.2. The molecule has 0 bridgehead atoms. The first-order valence-electron chi connectivity index (χ1n) is 10.5. The van der Waals surface area contributed by atoms with Gasteiger partial charge >= 0.3 is 0 Å². The summed E-state index contributed by atoms with van der Waals surface area (Å²) in [6.45, 7) is 2.39. The molecule has 2 fully saturated rings. The number of hydrogen-bond donors (Lipinski definition) is 2. The van der Waals surface area contributed by atoms with Crippen LogP contribution in [0.25, 0.3) is 0 Å². The van der Waals surface area contributed by atoms with Gasteiger partial charge in [0.2, 0.25) is 11.8 Å². The molecule has 0 atom stereocenters. The molecular formula is C23H25FN4O3. The minimum Gasteiger partial charge on any atom is -0.336 e. The summed E-state index contributed by atoms with van der Waals surface area (Å²) in [6.07, 6.45) is 1.89. The van der Waals surface area contributed by atoms with Crippen LogP contribution in [0.4, 0.5) is 15.8 Å². The molecule has 0 spiro atoms. The van der Waals surface area contributed by atoms with E-state index in [1.807, 2.05) is 4.90 Å². The zero-order valence-electron chi connectivity index (χ0n) is 17.1. The third-order valence-corrected chi connectivity index (χ3v) is 5.48. The standard InChI is InChI=1S/C23H25FN4O3/c24-18-2-1-3-20(14-18)25-21(29)15-27-10-12-28(13-11-27)23(31)17-6-8-19(9-7-17)26-22(30)16-4-5-16/h1-3,6-9,14,16H,4-5,10-13,15H2,(H,25,29)(H,26,30). The van der Waals surface area contributed by atoms with Crippen LogP contribution in [0.3, 0.4) is 0 Å². The number of piperazine rings is 1. The highest BCUT2D eigenvalue weighted by atomic mass is 19.1. The van der Waals surface area contributed by atoms with E-state index in [2.05, 4.69) is 10.6 Å². The highest BCUT2D eigenvalue weighted by Gasteiger charge is 2.29. The molecule has 0 unspecified atom stereocenters. The fourth-order valence-electron chi connectivity index (χ4n) is 3.55. The lowest BCUT2D eigenvalue weighted by molar-refractivity contribution is -0.118. The first kappa shape index (κ1) is 21.0. The Bertz CT molecular complexity index is 967. The number of anilines is 2. The van der Waals surface area contributed by atoms with Crippen LogP contribution in [0.15, 0.2) is 48.5 Å². The van der Waals surface area contributed by atoms with Gasteiger partial charge in [-0.3, -0.25) is 19.3 Å². The number of nitrogens with zero attached hydrogens (tertiary/aromatic N) is 2. The van der Waals surface area contributed by atoms with Gasteiger partial charge in [-0.05, 0) is 55.3 Å². The van der Waals surface area contributed by atoms with E-state index in [0.717, 1.165) is 12.8 Å². The Morgan fingerprint density at radius 3 is 2.26 bits per heavy atom. The SMILES string of the molecule is O=C(CN1CCN(C(=O)c2ccc(NC(=O)C3CC3)cc2)CC1)Nc1cccc(F)c1. The number of carbonyl (C=O) groups excluding carboxylic acids is 3. The van der Waals surface area contributed by atoms with Gasteiger partial charge in [0.05, 0.1) is 6.54 Å². The molecule has 2 aromatic rings. The Labute approximate surface area is 180 Å².